The van der Waals surface area contributed by atoms with Crippen LogP contribution in [0.2, 0.25) is 0 Å². The maximum Gasteiger partial charge on any atom is 0.0591 e. The minimum atomic E-state index is 0.744. The summed E-state index contributed by atoms with van der Waals surface area (Å²) in [5.41, 5.74) is 2.37. The molecule has 0 unspecified atom stereocenters. The first-order chi connectivity index (χ1) is 7.79. The summed E-state index contributed by atoms with van der Waals surface area (Å²) in [6.07, 6.45) is 4.60. The molecule has 3 heteroatoms. The number of hydrogen-bond acceptors (Lipinski definition) is 3. The molecule has 0 fully saturated rings. The van der Waals surface area contributed by atoms with Crippen molar-refractivity contribution in [2.24, 2.45) is 0 Å². The molecule has 0 aliphatic rings. The van der Waals surface area contributed by atoms with Crippen molar-refractivity contribution in [2.75, 3.05) is 19.8 Å². The van der Waals surface area contributed by atoms with Gasteiger partial charge in [0, 0.05) is 25.5 Å². The molecule has 3 nitrogen and oxygen atoms in total. The molecule has 0 saturated heterocycles. The van der Waals surface area contributed by atoms with E-state index in [4.69, 9.17) is 4.74 Å². The molecule has 0 amide bonds. The Morgan fingerprint density at radius 3 is 3.06 bits per heavy atom. The van der Waals surface area contributed by atoms with Crippen LogP contribution in [0.1, 0.15) is 18.9 Å². The normalized spacial score (nSPS) is 10.3. The second kappa shape index (κ2) is 8.02. The number of nitrogens with one attached hydrogen (secondary N) is 1. The molecule has 0 radical (unpaired) electrons. The Balaban J connectivity index is 1.94. The Morgan fingerprint density at radius 2 is 2.38 bits per heavy atom. The highest BCUT2D eigenvalue weighted by Gasteiger charge is 1.92. The van der Waals surface area contributed by atoms with Crippen LogP contribution in [0, 0.1) is 0 Å². The Labute approximate surface area is 97.5 Å². The van der Waals surface area contributed by atoms with E-state index in [1.54, 1.807) is 6.20 Å². The predicted octanol–water partition coefficient (Wildman–Crippen LogP) is 2.15. The first-order valence-corrected chi connectivity index (χ1v) is 5.61. The zero-order valence-electron chi connectivity index (χ0n) is 9.91. The molecule has 0 aromatic carbocycles. The van der Waals surface area contributed by atoms with E-state index in [1.165, 1.54) is 11.1 Å². The van der Waals surface area contributed by atoms with Gasteiger partial charge in [0.05, 0.1) is 13.2 Å². The second-order valence-electron chi connectivity index (χ2n) is 3.86. The lowest BCUT2D eigenvalue weighted by Gasteiger charge is -2.06. The third-order valence-corrected chi connectivity index (χ3v) is 2.15. The Hall–Kier alpha value is -1.19. The molecule has 1 rings (SSSR count). The summed E-state index contributed by atoms with van der Waals surface area (Å²) in [7, 11) is 0. The van der Waals surface area contributed by atoms with Gasteiger partial charge in [0.25, 0.3) is 0 Å². The molecular formula is C13H20N2O. The van der Waals surface area contributed by atoms with Crippen molar-refractivity contribution in [2.45, 2.75) is 19.9 Å². The zero-order valence-corrected chi connectivity index (χ0v) is 9.91. The van der Waals surface area contributed by atoms with Gasteiger partial charge in [0.2, 0.25) is 0 Å². The molecule has 1 aromatic rings. The van der Waals surface area contributed by atoms with Crippen LogP contribution in [0.25, 0.3) is 0 Å². The molecule has 1 N–H and O–H groups in total. The van der Waals surface area contributed by atoms with E-state index in [1.807, 2.05) is 19.2 Å². The van der Waals surface area contributed by atoms with E-state index in [0.29, 0.717) is 0 Å². The number of hydrogen-bond donors (Lipinski definition) is 1. The lowest BCUT2D eigenvalue weighted by Crippen LogP contribution is -2.19. The van der Waals surface area contributed by atoms with Gasteiger partial charge in [-0.2, -0.15) is 0 Å². The highest BCUT2D eigenvalue weighted by Crippen LogP contribution is 1.95. The standard InChI is InChI=1S/C13H20N2O/c1-12(2)5-8-16-9-7-15-11-13-4-3-6-14-10-13/h3-4,6,10,15H,1,5,7-9,11H2,2H3. The van der Waals surface area contributed by atoms with E-state index >= 15 is 0 Å². The average molecular weight is 220 g/mol. The van der Waals surface area contributed by atoms with Crippen LogP contribution in [0.4, 0.5) is 0 Å². The van der Waals surface area contributed by atoms with Crippen molar-refractivity contribution in [1.29, 1.82) is 0 Å². The molecule has 0 bridgehead atoms. The summed E-state index contributed by atoms with van der Waals surface area (Å²) in [6.45, 7) is 9.07. The van der Waals surface area contributed by atoms with Crippen LogP contribution in [-0.4, -0.2) is 24.7 Å². The highest BCUT2D eigenvalue weighted by atomic mass is 16.5. The van der Waals surface area contributed by atoms with Gasteiger partial charge in [-0.15, -0.1) is 6.58 Å². The largest absolute Gasteiger partial charge is 0.380 e. The van der Waals surface area contributed by atoms with Gasteiger partial charge in [0.1, 0.15) is 0 Å². The summed E-state index contributed by atoms with van der Waals surface area (Å²) in [5, 5.41) is 3.30. The summed E-state index contributed by atoms with van der Waals surface area (Å²) in [6, 6.07) is 4.00. The van der Waals surface area contributed by atoms with Crippen LogP contribution >= 0.6 is 0 Å². The summed E-state index contributed by atoms with van der Waals surface area (Å²) < 4.78 is 5.44. The van der Waals surface area contributed by atoms with Crippen molar-refractivity contribution in [3.8, 4) is 0 Å². The van der Waals surface area contributed by atoms with E-state index < -0.39 is 0 Å². The quantitative estimate of drug-likeness (QED) is 0.538. The van der Waals surface area contributed by atoms with Crippen LogP contribution < -0.4 is 5.32 Å². The SMILES string of the molecule is C=C(C)CCOCCNCc1cccnc1. The lowest BCUT2D eigenvalue weighted by molar-refractivity contribution is 0.139. The van der Waals surface area contributed by atoms with E-state index in [9.17, 15) is 0 Å². The molecule has 0 atom stereocenters. The number of aromatic nitrogens is 1. The van der Waals surface area contributed by atoms with Gasteiger partial charge in [-0.25, -0.2) is 0 Å². The number of rotatable bonds is 8. The van der Waals surface area contributed by atoms with E-state index in [0.717, 1.165) is 32.7 Å². The number of ether oxygens (including phenoxy) is 1. The summed E-state index contributed by atoms with van der Waals surface area (Å²) >= 11 is 0. The van der Waals surface area contributed by atoms with E-state index in [-0.39, 0.29) is 0 Å². The fourth-order valence-corrected chi connectivity index (χ4v) is 1.23. The highest BCUT2D eigenvalue weighted by molar-refractivity contribution is 5.07. The van der Waals surface area contributed by atoms with Crippen molar-refractivity contribution < 1.29 is 4.74 Å². The number of nitrogens with zero attached hydrogens (tertiary/aromatic N) is 1. The van der Waals surface area contributed by atoms with Crippen LogP contribution in [0.5, 0.6) is 0 Å². The fraction of sp³-hybridized carbons (Fsp3) is 0.462. The Kier molecular flexibility index (Phi) is 6.45. The van der Waals surface area contributed by atoms with Gasteiger partial charge in [0.15, 0.2) is 0 Å². The molecular weight excluding hydrogens is 200 g/mol. The average Bonchev–Trinajstić information content (AvgIpc) is 2.29. The van der Waals surface area contributed by atoms with Gasteiger partial charge in [-0.1, -0.05) is 11.6 Å². The summed E-state index contributed by atoms with van der Waals surface area (Å²) in [4.78, 5) is 4.05. The van der Waals surface area contributed by atoms with E-state index in [2.05, 4.69) is 22.9 Å². The maximum atomic E-state index is 5.44. The Bertz CT molecular complexity index is 298. The molecule has 1 aromatic heterocycles. The lowest BCUT2D eigenvalue weighted by atomic mass is 10.3. The topological polar surface area (TPSA) is 34.1 Å². The van der Waals surface area contributed by atoms with Gasteiger partial charge in [-0.3, -0.25) is 4.98 Å². The first kappa shape index (κ1) is 12.9. The molecule has 0 aliphatic carbocycles. The molecule has 1 heterocycles. The molecule has 0 saturated carbocycles. The van der Waals surface area contributed by atoms with Crippen LogP contribution in [0.15, 0.2) is 36.7 Å². The van der Waals surface area contributed by atoms with Crippen molar-refractivity contribution in [1.82, 2.24) is 10.3 Å². The third kappa shape index (κ3) is 6.32. The minimum Gasteiger partial charge on any atom is -0.380 e. The fourth-order valence-electron chi connectivity index (χ4n) is 1.23. The molecule has 0 aliphatic heterocycles. The zero-order chi connectivity index (χ0) is 11.6. The third-order valence-electron chi connectivity index (χ3n) is 2.15. The summed E-state index contributed by atoms with van der Waals surface area (Å²) in [5.74, 6) is 0. The maximum absolute atomic E-state index is 5.44. The van der Waals surface area contributed by atoms with Gasteiger partial charge >= 0.3 is 0 Å². The smallest absolute Gasteiger partial charge is 0.0591 e. The van der Waals surface area contributed by atoms with Gasteiger partial charge in [-0.05, 0) is 25.0 Å². The predicted molar refractivity (Wildman–Crippen MR) is 66.2 cm³/mol. The second-order valence-corrected chi connectivity index (χ2v) is 3.86. The van der Waals surface area contributed by atoms with Crippen molar-refractivity contribution >= 4 is 0 Å². The monoisotopic (exact) mass is 220 g/mol. The van der Waals surface area contributed by atoms with Gasteiger partial charge < -0.3 is 10.1 Å². The molecule has 0 spiro atoms. The van der Waals surface area contributed by atoms with Crippen molar-refractivity contribution in [3.63, 3.8) is 0 Å². The number of pyridine rings is 1. The minimum absolute atomic E-state index is 0.744. The van der Waals surface area contributed by atoms with Crippen LogP contribution in [-0.2, 0) is 11.3 Å². The molecule has 16 heavy (non-hydrogen) atoms. The van der Waals surface area contributed by atoms with Crippen molar-refractivity contribution in [3.05, 3.63) is 42.2 Å². The van der Waals surface area contributed by atoms with Crippen LogP contribution in [0.3, 0.4) is 0 Å². The molecule has 88 valence electrons. The Morgan fingerprint density at radius 1 is 1.50 bits per heavy atom. The first-order valence-electron chi connectivity index (χ1n) is 5.61.